The number of halogens is 1. The number of rotatable bonds is 4. The summed E-state index contributed by atoms with van der Waals surface area (Å²) in [6.07, 6.45) is 3.31. The number of ether oxygens (including phenoxy) is 1. The van der Waals surface area contributed by atoms with Crippen LogP contribution in [-0.2, 0) is 4.79 Å². The van der Waals surface area contributed by atoms with Crippen LogP contribution in [0.1, 0.15) is 50.2 Å². The summed E-state index contributed by atoms with van der Waals surface area (Å²) in [5, 5.41) is 6.42. The normalized spacial score (nSPS) is 24.4. The number of piperidine rings is 1. The van der Waals surface area contributed by atoms with Crippen molar-refractivity contribution < 1.29 is 13.9 Å². The smallest absolute Gasteiger partial charge is 0.240 e. The molecule has 2 N–H and O–H groups in total. The summed E-state index contributed by atoms with van der Waals surface area (Å²) in [7, 11) is 0. The minimum absolute atomic E-state index is 0.0598. The lowest BCUT2D eigenvalue weighted by atomic mass is 9.88. The van der Waals surface area contributed by atoms with E-state index in [0.29, 0.717) is 29.4 Å². The van der Waals surface area contributed by atoms with Crippen molar-refractivity contribution in [1.82, 2.24) is 20.6 Å². The van der Waals surface area contributed by atoms with Crippen LogP contribution in [0.15, 0.2) is 24.3 Å². The Labute approximate surface area is 163 Å². The van der Waals surface area contributed by atoms with Gasteiger partial charge in [-0.3, -0.25) is 10.1 Å². The first-order valence-corrected chi connectivity index (χ1v) is 9.85. The maximum atomic E-state index is 14.5. The summed E-state index contributed by atoms with van der Waals surface area (Å²) in [6.45, 7) is 5.00. The van der Waals surface area contributed by atoms with Crippen molar-refractivity contribution in [3.05, 3.63) is 41.6 Å². The van der Waals surface area contributed by atoms with Crippen LogP contribution in [0.3, 0.4) is 0 Å². The topological polar surface area (TPSA) is 76.1 Å². The average Bonchev–Trinajstić information content (AvgIpc) is 3.11. The third kappa shape index (κ3) is 3.46. The second kappa shape index (κ2) is 7.47. The molecule has 2 aliphatic rings. The Hall–Kier alpha value is -2.54. The van der Waals surface area contributed by atoms with Crippen molar-refractivity contribution in [1.29, 1.82) is 0 Å². The molecule has 2 aliphatic heterocycles. The molecule has 0 radical (unpaired) electrons. The van der Waals surface area contributed by atoms with E-state index in [2.05, 4.69) is 20.6 Å². The lowest BCUT2D eigenvalue weighted by Crippen LogP contribution is -2.57. The third-order valence-electron chi connectivity index (χ3n) is 5.52. The number of aromatic nitrogens is 2. The number of aryl methyl sites for hydroxylation is 1. The van der Waals surface area contributed by atoms with Gasteiger partial charge in [-0.1, -0.05) is 0 Å². The van der Waals surface area contributed by atoms with Gasteiger partial charge in [-0.25, -0.2) is 14.4 Å². The quantitative estimate of drug-likeness (QED) is 0.847. The minimum Gasteiger partial charge on any atom is -0.494 e. The molecule has 2 saturated heterocycles. The average molecular weight is 384 g/mol. The number of benzene rings is 1. The maximum Gasteiger partial charge on any atom is 0.240 e. The second-order valence-corrected chi connectivity index (χ2v) is 7.50. The molecule has 0 unspecified atom stereocenters. The van der Waals surface area contributed by atoms with Crippen LogP contribution in [0.4, 0.5) is 4.39 Å². The van der Waals surface area contributed by atoms with Crippen molar-refractivity contribution in [3.63, 3.8) is 0 Å². The number of carbonyl (C=O) groups is 1. The van der Waals surface area contributed by atoms with E-state index >= 15 is 0 Å². The van der Waals surface area contributed by atoms with Crippen molar-refractivity contribution in [2.45, 2.75) is 51.1 Å². The van der Waals surface area contributed by atoms with Crippen LogP contribution in [0.25, 0.3) is 11.3 Å². The van der Waals surface area contributed by atoms with Gasteiger partial charge in [0, 0.05) is 17.8 Å². The molecule has 0 bridgehead atoms. The predicted octanol–water partition coefficient (Wildman–Crippen LogP) is 3.06. The number of carbonyl (C=O) groups excluding carboxylic acids is 1. The van der Waals surface area contributed by atoms with Crippen LogP contribution < -0.4 is 15.4 Å². The zero-order chi connectivity index (χ0) is 19.7. The number of nitrogens with zero attached hydrogens (tertiary/aromatic N) is 2. The molecule has 2 fully saturated rings. The SMILES string of the molecule is CCOc1ccc(F)c(-c2cc(C)nc([C@H]3CC[C@]4(CCCNC4=O)N3)n2)c1. The van der Waals surface area contributed by atoms with Gasteiger partial charge in [0.05, 0.1) is 23.9 Å². The Morgan fingerprint density at radius 1 is 1.29 bits per heavy atom. The summed E-state index contributed by atoms with van der Waals surface area (Å²) in [5.74, 6) is 0.916. The highest BCUT2D eigenvalue weighted by atomic mass is 19.1. The molecule has 1 amide bonds. The fourth-order valence-electron chi connectivity index (χ4n) is 4.16. The molecule has 2 atom stereocenters. The van der Waals surface area contributed by atoms with Gasteiger partial charge < -0.3 is 10.1 Å². The molecule has 4 rings (SSSR count). The van der Waals surface area contributed by atoms with Gasteiger partial charge >= 0.3 is 0 Å². The fraction of sp³-hybridized carbons (Fsp3) is 0.476. The van der Waals surface area contributed by atoms with Gasteiger partial charge in [-0.2, -0.15) is 0 Å². The number of hydrogen-bond donors (Lipinski definition) is 2. The monoisotopic (exact) mass is 384 g/mol. The minimum atomic E-state index is -0.531. The molecule has 1 aromatic carbocycles. The summed E-state index contributed by atoms with van der Waals surface area (Å²) in [5.41, 5.74) is 1.14. The molecule has 1 spiro atoms. The van der Waals surface area contributed by atoms with Crippen LogP contribution in [-0.4, -0.2) is 34.6 Å². The van der Waals surface area contributed by atoms with Crippen LogP contribution >= 0.6 is 0 Å². The lowest BCUT2D eigenvalue weighted by molar-refractivity contribution is -0.129. The van der Waals surface area contributed by atoms with E-state index in [-0.39, 0.29) is 17.8 Å². The summed E-state index contributed by atoms with van der Waals surface area (Å²) < 4.78 is 20.0. The molecule has 28 heavy (non-hydrogen) atoms. The molecular weight excluding hydrogens is 359 g/mol. The van der Waals surface area contributed by atoms with Gasteiger partial charge in [0.1, 0.15) is 17.4 Å². The molecule has 0 aliphatic carbocycles. The largest absolute Gasteiger partial charge is 0.494 e. The van der Waals surface area contributed by atoms with Crippen molar-refractivity contribution >= 4 is 5.91 Å². The van der Waals surface area contributed by atoms with Crippen molar-refractivity contribution in [2.75, 3.05) is 13.2 Å². The van der Waals surface area contributed by atoms with Crippen molar-refractivity contribution in [2.24, 2.45) is 0 Å². The Morgan fingerprint density at radius 2 is 2.14 bits per heavy atom. The predicted molar refractivity (Wildman–Crippen MR) is 103 cm³/mol. The third-order valence-corrected chi connectivity index (χ3v) is 5.52. The van der Waals surface area contributed by atoms with Gasteiger partial charge in [0.15, 0.2) is 0 Å². The first kappa shape index (κ1) is 18.8. The number of nitrogens with one attached hydrogen (secondary N) is 2. The van der Waals surface area contributed by atoms with Crippen molar-refractivity contribution in [3.8, 4) is 17.0 Å². The Balaban J connectivity index is 1.65. The highest BCUT2D eigenvalue weighted by molar-refractivity contribution is 5.87. The molecular formula is C21H25FN4O2. The highest BCUT2D eigenvalue weighted by Crippen LogP contribution is 2.37. The van der Waals surface area contributed by atoms with Crippen LogP contribution in [0.5, 0.6) is 5.75 Å². The molecule has 7 heteroatoms. The van der Waals surface area contributed by atoms with E-state index in [9.17, 15) is 9.18 Å². The summed E-state index contributed by atoms with van der Waals surface area (Å²) in [6, 6.07) is 6.33. The Kier molecular flexibility index (Phi) is 5.02. The molecule has 1 aromatic heterocycles. The van der Waals surface area contributed by atoms with Crippen LogP contribution in [0, 0.1) is 12.7 Å². The van der Waals surface area contributed by atoms with E-state index in [4.69, 9.17) is 4.74 Å². The maximum absolute atomic E-state index is 14.5. The van der Waals surface area contributed by atoms with Crippen LogP contribution in [0.2, 0.25) is 0 Å². The van der Waals surface area contributed by atoms with E-state index in [1.165, 1.54) is 6.07 Å². The molecule has 148 valence electrons. The molecule has 2 aromatic rings. The number of amides is 1. The van der Waals surface area contributed by atoms with Gasteiger partial charge in [-0.05, 0) is 63.8 Å². The van der Waals surface area contributed by atoms with Gasteiger partial charge in [0.25, 0.3) is 0 Å². The van der Waals surface area contributed by atoms with Gasteiger partial charge in [0.2, 0.25) is 5.91 Å². The summed E-state index contributed by atoms with van der Waals surface area (Å²) in [4.78, 5) is 21.6. The zero-order valence-corrected chi connectivity index (χ0v) is 16.2. The van der Waals surface area contributed by atoms with E-state index in [1.54, 1.807) is 18.2 Å². The molecule has 6 nitrogen and oxygen atoms in total. The molecule has 0 saturated carbocycles. The van der Waals surface area contributed by atoms with E-state index in [1.807, 2.05) is 13.8 Å². The first-order valence-electron chi connectivity index (χ1n) is 9.85. The summed E-state index contributed by atoms with van der Waals surface area (Å²) >= 11 is 0. The van der Waals surface area contributed by atoms with E-state index < -0.39 is 5.54 Å². The Bertz CT molecular complexity index is 904. The standard InChI is InChI=1S/C21H25FN4O2/c1-3-28-14-5-6-16(22)15(12-14)18-11-13(2)24-19(25-18)17-7-9-21(26-17)8-4-10-23-20(21)27/h5-6,11-12,17,26H,3-4,7-10H2,1-2H3,(H,23,27)/t17-,21+/m1/s1. The molecule has 3 heterocycles. The zero-order valence-electron chi connectivity index (χ0n) is 16.2. The number of hydrogen-bond acceptors (Lipinski definition) is 5. The lowest BCUT2D eigenvalue weighted by Gasteiger charge is -2.33. The first-order chi connectivity index (χ1) is 13.5. The fourth-order valence-corrected chi connectivity index (χ4v) is 4.16. The Morgan fingerprint density at radius 3 is 2.93 bits per heavy atom. The van der Waals surface area contributed by atoms with Gasteiger partial charge in [-0.15, -0.1) is 0 Å². The highest BCUT2D eigenvalue weighted by Gasteiger charge is 2.46. The van der Waals surface area contributed by atoms with E-state index in [0.717, 1.165) is 37.9 Å². The second-order valence-electron chi connectivity index (χ2n) is 7.50.